The van der Waals surface area contributed by atoms with Crippen molar-refractivity contribution in [2.45, 2.75) is 33.2 Å². The summed E-state index contributed by atoms with van der Waals surface area (Å²) >= 11 is 0. The number of amides is 2. The monoisotopic (exact) mass is 348 g/mol. The van der Waals surface area contributed by atoms with E-state index in [2.05, 4.69) is 0 Å². The Labute approximate surface area is 146 Å². The maximum atomic E-state index is 12.8. The third-order valence-electron chi connectivity index (χ3n) is 5.63. The average Bonchev–Trinajstić information content (AvgIpc) is 3.28. The van der Waals surface area contributed by atoms with Crippen LogP contribution in [-0.4, -0.2) is 52.3 Å². The van der Waals surface area contributed by atoms with Gasteiger partial charge in [0.2, 0.25) is 11.8 Å². The molecule has 2 aliphatic rings. The topological polar surface area (TPSA) is 91.1 Å². The van der Waals surface area contributed by atoms with Crippen LogP contribution in [0.5, 0.6) is 0 Å². The Morgan fingerprint density at radius 2 is 2.20 bits per heavy atom. The van der Waals surface area contributed by atoms with Crippen LogP contribution in [0.1, 0.15) is 32.4 Å². The summed E-state index contributed by atoms with van der Waals surface area (Å²) < 4.78 is 5.26. The Morgan fingerprint density at radius 3 is 2.76 bits per heavy atom. The van der Waals surface area contributed by atoms with Gasteiger partial charge in [-0.2, -0.15) is 0 Å². The molecule has 0 bridgehead atoms. The van der Waals surface area contributed by atoms with Gasteiger partial charge in [-0.25, -0.2) is 0 Å². The van der Waals surface area contributed by atoms with Crippen molar-refractivity contribution in [3.05, 3.63) is 24.2 Å². The zero-order chi connectivity index (χ0) is 18.2. The van der Waals surface area contributed by atoms with Gasteiger partial charge in [-0.15, -0.1) is 0 Å². The molecule has 2 aliphatic heterocycles. The van der Waals surface area contributed by atoms with Crippen LogP contribution >= 0.6 is 0 Å². The molecule has 7 nitrogen and oxygen atoms in total. The van der Waals surface area contributed by atoms with Crippen LogP contribution in [0.2, 0.25) is 0 Å². The minimum absolute atomic E-state index is 0.0524. The highest BCUT2D eigenvalue weighted by Crippen LogP contribution is 2.39. The molecule has 3 heterocycles. The number of carbonyl (C=O) groups excluding carboxylic acids is 2. The smallest absolute Gasteiger partial charge is 0.311 e. The van der Waals surface area contributed by atoms with Gasteiger partial charge < -0.3 is 19.3 Å². The maximum absolute atomic E-state index is 12.8. The second-order valence-electron chi connectivity index (χ2n) is 7.38. The van der Waals surface area contributed by atoms with E-state index in [-0.39, 0.29) is 30.7 Å². The maximum Gasteiger partial charge on any atom is 0.311 e. The quantitative estimate of drug-likeness (QED) is 0.872. The van der Waals surface area contributed by atoms with Gasteiger partial charge in [-0.3, -0.25) is 14.4 Å². The van der Waals surface area contributed by atoms with E-state index in [1.807, 2.05) is 13.8 Å². The fraction of sp³-hybridized carbons (Fsp3) is 0.611. The minimum Gasteiger partial charge on any atom is -0.481 e. The third-order valence-corrected chi connectivity index (χ3v) is 5.63. The molecular formula is C18H24N2O5. The van der Waals surface area contributed by atoms with Gasteiger partial charge in [0.05, 0.1) is 24.1 Å². The minimum atomic E-state index is -0.883. The number of aliphatic carboxylic acids is 1. The lowest BCUT2D eigenvalue weighted by atomic mass is 9.76. The zero-order valence-electron chi connectivity index (χ0n) is 14.6. The molecule has 2 fully saturated rings. The number of furan rings is 1. The van der Waals surface area contributed by atoms with E-state index < -0.39 is 17.3 Å². The normalized spacial score (nSPS) is 26.7. The summed E-state index contributed by atoms with van der Waals surface area (Å²) in [5.74, 6) is -0.795. The molecule has 2 saturated heterocycles. The molecule has 2 atom stereocenters. The Kier molecular flexibility index (Phi) is 4.58. The van der Waals surface area contributed by atoms with Crippen LogP contribution in [0, 0.1) is 17.3 Å². The number of carboxylic acid groups (broad SMARTS) is 1. The Balaban J connectivity index is 1.64. The highest BCUT2D eigenvalue weighted by molar-refractivity contribution is 5.90. The van der Waals surface area contributed by atoms with Crippen LogP contribution in [0.3, 0.4) is 0 Å². The molecule has 25 heavy (non-hydrogen) atoms. The highest BCUT2D eigenvalue weighted by Gasteiger charge is 2.50. The molecule has 2 amide bonds. The molecule has 0 aliphatic carbocycles. The number of likely N-dealkylation sites (tertiary alicyclic amines) is 2. The first-order chi connectivity index (χ1) is 11.8. The van der Waals surface area contributed by atoms with Crippen molar-refractivity contribution in [2.24, 2.45) is 17.3 Å². The summed E-state index contributed by atoms with van der Waals surface area (Å²) in [5.41, 5.74) is -0.883. The predicted octanol–water partition coefficient (Wildman–Crippen LogP) is 1.59. The summed E-state index contributed by atoms with van der Waals surface area (Å²) in [7, 11) is 0. The van der Waals surface area contributed by atoms with Crippen molar-refractivity contribution >= 4 is 17.8 Å². The van der Waals surface area contributed by atoms with Crippen LogP contribution in [0.25, 0.3) is 0 Å². The van der Waals surface area contributed by atoms with Gasteiger partial charge in [0.15, 0.2) is 0 Å². The Morgan fingerprint density at radius 1 is 1.44 bits per heavy atom. The van der Waals surface area contributed by atoms with Crippen molar-refractivity contribution in [2.75, 3.05) is 19.6 Å². The molecular weight excluding hydrogens is 324 g/mol. The fourth-order valence-electron chi connectivity index (χ4n) is 3.85. The zero-order valence-corrected chi connectivity index (χ0v) is 14.6. The van der Waals surface area contributed by atoms with Crippen molar-refractivity contribution < 1.29 is 23.9 Å². The average molecular weight is 348 g/mol. The molecule has 2 unspecified atom stereocenters. The molecule has 0 aromatic carbocycles. The van der Waals surface area contributed by atoms with Gasteiger partial charge in [-0.1, -0.05) is 13.8 Å². The number of carboxylic acids is 1. The molecule has 7 heteroatoms. The molecule has 1 N–H and O–H groups in total. The lowest BCUT2D eigenvalue weighted by Gasteiger charge is -2.29. The molecule has 0 saturated carbocycles. The lowest BCUT2D eigenvalue weighted by molar-refractivity contribution is -0.151. The molecule has 1 aromatic heterocycles. The van der Waals surface area contributed by atoms with Crippen molar-refractivity contribution in [3.63, 3.8) is 0 Å². The van der Waals surface area contributed by atoms with Crippen LogP contribution in [0.15, 0.2) is 22.8 Å². The molecule has 3 rings (SSSR count). The van der Waals surface area contributed by atoms with Gasteiger partial charge in [0, 0.05) is 26.1 Å². The highest BCUT2D eigenvalue weighted by atomic mass is 16.4. The van der Waals surface area contributed by atoms with E-state index in [0.717, 1.165) is 0 Å². The lowest BCUT2D eigenvalue weighted by Crippen LogP contribution is -2.42. The van der Waals surface area contributed by atoms with Gasteiger partial charge in [-0.05, 0) is 24.5 Å². The van der Waals surface area contributed by atoms with E-state index in [1.54, 1.807) is 28.2 Å². The third kappa shape index (κ3) is 3.15. The van der Waals surface area contributed by atoms with E-state index >= 15 is 0 Å². The van der Waals surface area contributed by atoms with Gasteiger partial charge >= 0.3 is 5.97 Å². The summed E-state index contributed by atoms with van der Waals surface area (Å²) in [4.78, 5) is 40.0. The largest absolute Gasteiger partial charge is 0.481 e. The molecule has 0 spiro atoms. The Bertz CT molecular complexity index is 669. The van der Waals surface area contributed by atoms with Gasteiger partial charge in [0.25, 0.3) is 0 Å². The Hall–Kier alpha value is -2.31. The van der Waals surface area contributed by atoms with E-state index in [1.165, 1.54) is 0 Å². The first kappa shape index (κ1) is 17.5. The van der Waals surface area contributed by atoms with Crippen LogP contribution in [0.4, 0.5) is 0 Å². The first-order valence-corrected chi connectivity index (χ1v) is 8.66. The standard InChI is InChI=1S/C18H24N2O5/c1-12(2)18(17(23)24)5-6-19(11-18)16(22)13-8-15(21)20(9-13)10-14-4-3-7-25-14/h3-4,7,12-13H,5-6,8-11H2,1-2H3,(H,23,24). The van der Waals surface area contributed by atoms with E-state index in [4.69, 9.17) is 4.42 Å². The van der Waals surface area contributed by atoms with Crippen LogP contribution in [-0.2, 0) is 20.9 Å². The second-order valence-corrected chi connectivity index (χ2v) is 7.38. The molecule has 136 valence electrons. The fourth-order valence-corrected chi connectivity index (χ4v) is 3.85. The summed E-state index contributed by atoms with van der Waals surface area (Å²) in [6.07, 6.45) is 2.19. The number of rotatable bonds is 5. The number of hydrogen-bond acceptors (Lipinski definition) is 4. The summed E-state index contributed by atoms with van der Waals surface area (Å²) in [6.45, 7) is 5.14. The van der Waals surface area contributed by atoms with E-state index in [0.29, 0.717) is 31.8 Å². The number of carbonyl (C=O) groups is 3. The summed E-state index contributed by atoms with van der Waals surface area (Å²) in [5, 5.41) is 9.62. The predicted molar refractivity (Wildman–Crippen MR) is 88.3 cm³/mol. The number of hydrogen-bond donors (Lipinski definition) is 1. The van der Waals surface area contributed by atoms with Crippen LogP contribution < -0.4 is 0 Å². The van der Waals surface area contributed by atoms with Crippen molar-refractivity contribution in [3.8, 4) is 0 Å². The SMILES string of the molecule is CC(C)C1(C(=O)O)CCN(C(=O)C2CC(=O)N(Cc3ccco3)C2)C1. The van der Waals surface area contributed by atoms with Gasteiger partial charge in [0.1, 0.15) is 5.76 Å². The first-order valence-electron chi connectivity index (χ1n) is 8.66. The van der Waals surface area contributed by atoms with Crippen molar-refractivity contribution in [1.29, 1.82) is 0 Å². The number of nitrogens with zero attached hydrogens (tertiary/aromatic N) is 2. The summed E-state index contributed by atoms with van der Waals surface area (Å²) in [6, 6.07) is 3.56. The second kappa shape index (κ2) is 6.54. The molecule has 0 radical (unpaired) electrons. The molecule has 1 aromatic rings. The van der Waals surface area contributed by atoms with Crippen molar-refractivity contribution in [1.82, 2.24) is 9.80 Å². The van der Waals surface area contributed by atoms with E-state index in [9.17, 15) is 19.5 Å².